The van der Waals surface area contributed by atoms with Crippen LogP contribution in [0.3, 0.4) is 0 Å². The Morgan fingerprint density at radius 2 is 1.30 bits per heavy atom. The molecule has 23 heavy (non-hydrogen) atoms. The second-order valence-electron chi connectivity index (χ2n) is 5.72. The van der Waals surface area contributed by atoms with Crippen molar-refractivity contribution in [3.63, 3.8) is 0 Å². The highest BCUT2D eigenvalue weighted by molar-refractivity contribution is 9.10. The summed E-state index contributed by atoms with van der Waals surface area (Å²) in [5, 5.41) is 5.89. The van der Waals surface area contributed by atoms with Crippen LogP contribution in [0.25, 0.3) is 32.7 Å². The summed E-state index contributed by atoms with van der Waals surface area (Å²) in [5.74, 6) is 0. The minimum Gasteiger partial charge on any atom is -0.0843 e. The maximum Gasteiger partial charge on any atom is 0.0417 e. The molecule has 0 aromatic heterocycles. The molecule has 0 atom stereocenters. The van der Waals surface area contributed by atoms with Crippen molar-refractivity contribution in [1.29, 1.82) is 0 Å². The zero-order chi connectivity index (χ0) is 16.0. The number of fused-ring (bicyclic) bond motifs is 3. The fourth-order valence-electron chi connectivity index (χ4n) is 3.36. The number of benzene rings is 4. The highest BCUT2D eigenvalue weighted by Gasteiger charge is 2.14. The Balaban J connectivity index is 2.23. The SMILES string of the molecule is Cc1c(-c2ccc(Cl)cc2Br)c2ccccc2c2ccccc12. The molecule has 0 nitrogen and oxygen atoms in total. The summed E-state index contributed by atoms with van der Waals surface area (Å²) in [4.78, 5) is 0. The fraction of sp³-hybridized carbons (Fsp3) is 0.0476. The van der Waals surface area contributed by atoms with Gasteiger partial charge in [-0.25, -0.2) is 0 Å². The first-order chi connectivity index (χ1) is 11.2. The average Bonchev–Trinajstić information content (AvgIpc) is 2.57. The standard InChI is InChI=1S/C21H14BrCl/c1-13-15-6-2-3-7-16(15)17-8-4-5-9-18(17)21(13)19-11-10-14(23)12-20(19)22/h2-12H,1H3. The van der Waals surface area contributed by atoms with Crippen LogP contribution in [0.15, 0.2) is 71.2 Å². The van der Waals surface area contributed by atoms with E-state index in [9.17, 15) is 0 Å². The average molecular weight is 382 g/mol. The van der Waals surface area contributed by atoms with Gasteiger partial charge in [-0.2, -0.15) is 0 Å². The third kappa shape index (κ3) is 2.36. The Morgan fingerprint density at radius 3 is 1.96 bits per heavy atom. The third-order valence-electron chi connectivity index (χ3n) is 4.39. The van der Waals surface area contributed by atoms with Crippen LogP contribution in [0.1, 0.15) is 5.56 Å². The maximum atomic E-state index is 6.13. The van der Waals surface area contributed by atoms with E-state index < -0.39 is 0 Å². The topological polar surface area (TPSA) is 0 Å². The van der Waals surface area contributed by atoms with E-state index in [2.05, 4.69) is 77.5 Å². The van der Waals surface area contributed by atoms with Crippen LogP contribution in [0.5, 0.6) is 0 Å². The van der Waals surface area contributed by atoms with Gasteiger partial charge in [0.05, 0.1) is 0 Å². The van der Waals surface area contributed by atoms with Gasteiger partial charge in [-0.1, -0.05) is 82.1 Å². The smallest absolute Gasteiger partial charge is 0.0417 e. The van der Waals surface area contributed by atoms with Crippen LogP contribution in [0, 0.1) is 6.92 Å². The van der Waals surface area contributed by atoms with Gasteiger partial charge in [0.25, 0.3) is 0 Å². The molecule has 0 fully saturated rings. The van der Waals surface area contributed by atoms with Crippen molar-refractivity contribution in [3.8, 4) is 11.1 Å². The van der Waals surface area contributed by atoms with Gasteiger partial charge >= 0.3 is 0 Å². The molecule has 0 aliphatic heterocycles. The minimum absolute atomic E-state index is 0.739. The van der Waals surface area contributed by atoms with Crippen LogP contribution in [0.4, 0.5) is 0 Å². The van der Waals surface area contributed by atoms with Crippen LogP contribution in [0.2, 0.25) is 5.02 Å². The first kappa shape index (κ1) is 14.7. The lowest BCUT2D eigenvalue weighted by Crippen LogP contribution is -1.91. The van der Waals surface area contributed by atoms with Crippen molar-refractivity contribution in [3.05, 3.63) is 81.8 Å². The van der Waals surface area contributed by atoms with Gasteiger partial charge in [-0.15, -0.1) is 0 Å². The number of hydrogen-bond acceptors (Lipinski definition) is 0. The van der Waals surface area contributed by atoms with E-state index in [-0.39, 0.29) is 0 Å². The Kier molecular flexibility index (Phi) is 3.63. The maximum absolute atomic E-state index is 6.13. The van der Waals surface area contributed by atoms with E-state index in [4.69, 9.17) is 11.6 Å². The molecule has 0 saturated heterocycles. The van der Waals surface area contributed by atoms with Gasteiger partial charge in [0.1, 0.15) is 0 Å². The summed E-state index contributed by atoms with van der Waals surface area (Å²) in [6.45, 7) is 2.20. The second kappa shape index (κ2) is 5.67. The largest absolute Gasteiger partial charge is 0.0843 e. The van der Waals surface area contributed by atoms with Crippen molar-refractivity contribution in [2.45, 2.75) is 6.92 Å². The fourth-order valence-corrected chi connectivity index (χ4v) is 4.24. The summed E-state index contributed by atoms with van der Waals surface area (Å²) in [5.41, 5.74) is 3.74. The Labute approximate surface area is 148 Å². The van der Waals surface area contributed by atoms with Crippen LogP contribution in [-0.2, 0) is 0 Å². The number of aryl methyl sites for hydroxylation is 1. The highest BCUT2D eigenvalue weighted by Crippen LogP contribution is 2.41. The Bertz CT molecular complexity index is 1050. The van der Waals surface area contributed by atoms with Crippen LogP contribution in [-0.4, -0.2) is 0 Å². The normalized spacial score (nSPS) is 11.3. The summed E-state index contributed by atoms with van der Waals surface area (Å²) in [6.07, 6.45) is 0. The molecule has 4 aromatic carbocycles. The van der Waals surface area contributed by atoms with Crippen LogP contribution >= 0.6 is 27.5 Å². The van der Waals surface area contributed by atoms with Gasteiger partial charge in [0, 0.05) is 9.50 Å². The van der Waals surface area contributed by atoms with Gasteiger partial charge in [-0.05, 0) is 57.3 Å². The lowest BCUT2D eigenvalue weighted by atomic mass is 9.89. The molecule has 0 aliphatic carbocycles. The minimum atomic E-state index is 0.739. The Hall–Kier alpha value is -1.83. The number of rotatable bonds is 1. The summed E-state index contributed by atoms with van der Waals surface area (Å²) in [6, 6.07) is 23.2. The second-order valence-corrected chi connectivity index (χ2v) is 7.01. The molecule has 4 rings (SSSR count). The number of halogens is 2. The van der Waals surface area contributed by atoms with E-state index >= 15 is 0 Å². The summed E-state index contributed by atoms with van der Waals surface area (Å²) >= 11 is 9.81. The molecule has 0 N–H and O–H groups in total. The van der Waals surface area contributed by atoms with Gasteiger partial charge in [0.2, 0.25) is 0 Å². The van der Waals surface area contributed by atoms with E-state index in [1.165, 1.54) is 38.2 Å². The third-order valence-corrected chi connectivity index (χ3v) is 5.28. The molecular weight excluding hydrogens is 368 g/mol. The zero-order valence-electron chi connectivity index (χ0n) is 12.6. The van der Waals surface area contributed by atoms with Crippen molar-refractivity contribution in [1.82, 2.24) is 0 Å². The quantitative estimate of drug-likeness (QED) is 0.302. The molecule has 4 aromatic rings. The van der Waals surface area contributed by atoms with E-state index in [0.717, 1.165) is 9.50 Å². The molecule has 2 heteroatoms. The molecule has 0 heterocycles. The predicted molar refractivity (Wildman–Crippen MR) is 104 cm³/mol. The van der Waals surface area contributed by atoms with Crippen LogP contribution < -0.4 is 0 Å². The molecular formula is C21H14BrCl. The molecule has 112 valence electrons. The highest BCUT2D eigenvalue weighted by atomic mass is 79.9. The monoisotopic (exact) mass is 380 g/mol. The van der Waals surface area contributed by atoms with E-state index in [1.54, 1.807) is 0 Å². The lowest BCUT2D eigenvalue weighted by Gasteiger charge is -2.16. The van der Waals surface area contributed by atoms with Crippen molar-refractivity contribution in [2.24, 2.45) is 0 Å². The molecule has 0 saturated carbocycles. The summed E-state index contributed by atoms with van der Waals surface area (Å²) in [7, 11) is 0. The van der Waals surface area contributed by atoms with Gasteiger partial charge < -0.3 is 0 Å². The van der Waals surface area contributed by atoms with E-state index in [1.807, 2.05) is 12.1 Å². The molecule has 0 bridgehead atoms. The predicted octanol–water partition coefficient (Wildman–Crippen LogP) is 7.38. The molecule has 0 amide bonds. The summed E-state index contributed by atoms with van der Waals surface area (Å²) < 4.78 is 1.02. The van der Waals surface area contributed by atoms with Crippen molar-refractivity contribution in [2.75, 3.05) is 0 Å². The zero-order valence-corrected chi connectivity index (χ0v) is 14.9. The van der Waals surface area contributed by atoms with Gasteiger partial charge in [0.15, 0.2) is 0 Å². The molecule has 0 unspecified atom stereocenters. The number of hydrogen-bond donors (Lipinski definition) is 0. The molecule has 0 radical (unpaired) electrons. The first-order valence-corrected chi connectivity index (χ1v) is 8.69. The van der Waals surface area contributed by atoms with Crippen molar-refractivity contribution >= 4 is 49.1 Å². The van der Waals surface area contributed by atoms with E-state index in [0.29, 0.717) is 0 Å². The lowest BCUT2D eigenvalue weighted by molar-refractivity contribution is 1.51. The first-order valence-electron chi connectivity index (χ1n) is 7.52. The molecule has 0 spiro atoms. The van der Waals surface area contributed by atoms with Crippen molar-refractivity contribution < 1.29 is 0 Å². The van der Waals surface area contributed by atoms with Gasteiger partial charge in [-0.3, -0.25) is 0 Å². The molecule has 0 aliphatic rings. The Morgan fingerprint density at radius 1 is 0.739 bits per heavy atom.